The molecule has 216 valence electrons. The third-order valence-electron chi connectivity index (χ3n) is 9.44. The fourth-order valence-corrected chi connectivity index (χ4v) is 7.48. The first-order valence-corrected chi connectivity index (χ1v) is 13.6. The van der Waals surface area contributed by atoms with Crippen LogP contribution in [0.3, 0.4) is 0 Å². The van der Waals surface area contributed by atoms with E-state index in [2.05, 4.69) is 18.7 Å². The lowest BCUT2D eigenvalue weighted by molar-refractivity contribution is -0.153. The fraction of sp³-hybridized carbons (Fsp3) is 0.552. The smallest absolute Gasteiger partial charge is 0.255 e. The van der Waals surface area contributed by atoms with Crippen molar-refractivity contribution in [3.8, 4) is 11.5 Å². The van der Waals surface area contributed by atoms with Gasteiger partial charge in [0.15, 0.2) is 11.4 Å². The molecule has 0 aromatic heterocycles. The summed E-state index contributed by atoms with van der Waals surface area (Å²) in [4.78, 5) is 43.1. The average molecular weight is 556 g/mol. The highest BCUT2D eigenvalue weighted by atomic mass is 16.5. The molecule has 40 heavy (non-hydrogen) atoms. The number of nitrogens with zero attached hydrogens (tertiary/aromatic N) is 2. The van der Waals surface area contributed by atoms with Gasteiger partial charge in [-0.1, -0.05) is 0 Å². The molecule has 1 saturated heterocycles. The number of amides is 1. The summed E-state index contributed by atoms with van der Waals surface area (Å²) in [5, 5.41) is 45.2. The zero-order chi connectivity index (χ0) is 29.4. The number of hydrogen-bond donors (Lipinski definition) is 5. The maximum absolute atomic E-state index is 14.0. The van der Waals surface area contributed by atoms with Crippen LogP contribution < -0.4 is 10.5 Å². The van der Waals surface area contributed by atoms with Gasteiger partial charge < -0.3 is 30.9 Å². The lowest BCUT2D eigenvalue weighted by Gasteiger charge is -2.50. The number of nitrogens with two attached hydrogens (primary N) is 1. The van der Waals surface area contributed by atoms with E-state index in [9.17, 15) is 34.8 Å². The number of carbonyl (C=O) groups is 3. The van der Waals surface area contributed by atoms with E-state index in [0.29, 0.717) is 29.9 Å². The molecule has 3 aliphatic carbocycles. The molecule has 4 aliphatic rings. The summed E-state index contributed by atoms with van der Waals surface area (Å²) in [5.74, 6) is -6.22. The lowest BCUT2D eigenvalue weighted by atomic mass is 9.57. The number of hydrogen-bond acceptors (Lipinski definition) is 10. The van der Waals surface area contributed by atoms with Gasteiger partial charge in [0.05, 0.1) is 18.7 Å². The summed E-state index contributed by atoms with van der Waals surface area (Å²) in [6.45, 7) is 4.84. The average Bonchev–Trinajstić information content (AvgIpc) is 3.18. The minimum atomic E-state index is -2.66. The number of rotatable bonds is 5. The third kappa shape index (κ3) is 3.78. The molecule has 0 unspecified atom stereocenters. The molecule has 1 heterocycles. The first-order valence-electron chi connectivity index (χ1n) is 13.6. The summed E-state index contributed by atoms with van der Waals surface area (Å²) in [6, 6.07) is 1.10. The van der Waals surface area contributed by atoms with Gasteiger partial charge in [0.2, 0.25) is 5.78 Å². The van der Waals surface area contributed by atoms with Crippen molar-refractivity contribution < 1.29 is 39.5 Å². The van der Waals surface area contributed by atoms with E-state index in [1.165, 1.54) is 18.1 Å². The Morgan fingerprint density at radius 3 is 2.35 bits per heavy atom. The Kier molecular flexibility index (Phi) is 6.75. The Morgan fingerprint density at radius 1 is 1.18 bits per heavy atom. The molecule has 11 nitrogen and oxygen atoms in total. The Morgan fingerprint density at radius 2 is 1.80 bits per heavy atom. The van der Waals surface area contributed by atoms with Crippen LogP contribution >= 0.6 is 0 Å². The lowest BCUT2D eigenvalue weighted by Crippen LogP contribution is -2.65. The molecule has 0 spiro atoms. The summed E-state index contributed by atoms with van der Waals surface area (Å²) in [7, 11) is 4.66. The van der Waals surface area contributed by atoms with E-state index < -0.39 is 58.0 Å². The summed E-state index contributed by atoms with van der Waals surface area (Å²) in [6.07, 6.45) is 2.34. The number of aliphatic hydroxyl groups excluding tert-OH is 2. The van der Waals surface area contributed by atoms with Crippen LogP contribution in [0, 0.1) is 11.8 Å². The van der Waals surface area contributed by atoms with Gasteiger partial charge in [0.1, 0.15) is 28.6 Å². The standard InChI is InChI=1S/C29H37N3O8/c1-12-6-7-13(2)32(12)11-15-10-18(33)20-16(25(15)40-5)8-14-9-17-22(31(3)4)24(35)21(28(30)38)27(37)29(17,39)26(36)19(14)23(20)34/h10,12-14,17,22,33-34,37,39H,6-9,11H2,1-5H3,(H2,30,38)/t12-,13-,14+,17+,22+,29+/m1/s1. The number of likely N-dealkylation sites (N-methyl/N-ethyl adjacent to an activating group) is 1. The largest absolute Gasteiger partial charge is 0.508 e. The van der Waals surface area contributed by atoms with Crippen molar-refractivity contribution in [2.45, 2.75) is 69.8 Å². The summed E-state index contributed by atoms with van der Waals surface area (Å²) >= 11 is 0. The zero-order valence-corrected chi connectivity index (χ0v) is 23.4. The van der Waals surface area contributed by atoms with E-state index in [4.69, 9.17) is 10.5 Å². The monoisotopic (exact) mass is 555 g/mol. The predicted molar refractivity (Wildman–Crippen MR) is 144 cm³/mol. The SMILES string of the molecule is COc1c(CN2[C@H](C)CC[C@H]2C)cc(O)c2c1C[C@H]1C[C@H]3[C@H](N(C)C)C(=O)C(C(N)=O)=C(O)[C@@]3(O)C(=O)C1=C2O. The maximum Gasteiger partial charge on any atom is 0.255 e. The van der Waals surface area contributed by atoms with Gasteiger partial charge in [0, 0.05) is 41.2 Å². The number of benzene rings is 1. The van der Waals surface area contributed by atoms with Gasteiger partial charge in [0.25, 0.3) is 5.91 Å². The van der Waals surface area contributed by atoms with Crippen molar-refractivity contribution in [3.63, 3.8) is 0 Å². The van der Waals surface area contributed by atoms with Crippen LogP contribution in [0.1, 0.15) is 49.8 Å². The molecule has 11 heteroatoms. The molecule has 0 bridgehead atoms. The van der Waals surface area contributed by atoms with Crippen molar-refractivity contribution in [1.82, 2.24) is 9.80 Å². The van der Waals surface area contributed by atoms with E-state index in [0.717, 1.165) is 18.4 Å². The van der Waals surface area contributed by atoms with Crippen molar-refractivity contribution in [1.29, 1.82) is 0 Å². The zero-order valence-electron chi connectivity index (χ0n) is 23.4. The van der Waals surface area contributed by atoms with Crippen LogP contribution in [0.5, 0.6) is 11.5 Å². The minimum Gasteiger partial charge on any atom is -0.508 e. The Hall–Kier alpha value is -3.41. The van der Waals surface area contributed by atoms with Crippen LogP contribution in [0.4, 0.5) is 0 Å². The van der Waals surface area contributed by atoms with Crippen LogP contribution in [0.2, 0.25) is 0 Å². The van der Waals surface area contributed by atoms with E-state index in [1.807, 2.05) is 0 Å². The highest BCUT2D eigenvalue weighted by Gasteiger charge is 2.64. The predicted octanol–water partition coefficient (Wildman–Crippen LogP) is 1.35. The van der Waals surface area contributed by atoms with Crippen molar-refractivity contribution in [3.05, 3.63) is 39.7 Å². The summed E-state index contributed by atoms with van der Waals surface area (Å²) < 4.78 is 5.83. The third-order valence-corrected chi connectivity index (χ3v) is 9.44. The molecule has 2 fully saturated rings. The molecule has 1 aliphatic heterocycles. The Labute approximate surface area is 232 Å². The molecule has 1 aromatic carbocycles. The molecule has 6 N–H and O–H groups in total. The number of phenols is 1. The quantitative estimate of drug-likeness (QED) is 0.334. The number of methoxy groups -OCH3 is 1. The highest BCUT2D eigenvalue weighted by Crippen LogP contribution is 2.54. The number of Topliss-reactive ketones (excluding diaryl/α,β-unsaturated/α-hetero) is 2. The molecule has 1 amide bonds. The fourth-order valence-electron chi connectivity index (χ4n) is 7.48. The molecule has 1 aromatic rings. The second-order valence-electron chi connectivity index (χ2n) is 11.9. The minimum absolute atomic E-state index is 0.0272. The molecule has 5 rings (SSSR count). The van der Waals surface area contributed by atoms with Gasteiger partial charge in [-0.3, -0.25) is 24.2 Å². The van der Waals surface area contributed by atoms with E-state index in [1.54, 1.807) is 14.1 Å². The highest BCUT2D eigenvalue weighted by molar-refractivity contribution is 6.24. The molecule has 0 radical (unpaired) electrons. The number of primary amides is 1. The van der Waals surface area contributed by atoms with E-state index in [-0.39, 0.29) is 29.7 Å². The first-order chi connectivity index (χ1) is 18.7. The number of phenolic OH excluding ortho intramolecular Hbond substituents is 1. The number of aromatic hydroxyl groups is 1. The maximum atomic E-state index is 14.0. The van der Waals surface area contributed by atoms with Gasteiger partial charge in [-0.05, 0) is 65.6 Å². The van der Waals surface area contributed by atoms with Gasteiger partial charge in [-0.25, -0.2) is 0 Å². The first kappa shape index (κ1) is 28.1. The second-order valence-corrected chi connectivity index (χ2v) is 11.9. The molecular weight excluding hydrogens is 518 g/mol. The Bertz CT molecular complexity index is 1370. The number of likely N-dealkylation sites (tertiary alicyclic amines) is 1. The van der Waals surface area contributed by atoms with Crippen LogP contribution in [0.25, 0.3) is 5.76 Å². The van der Waals surface area contributed by atoms with Gasteiger partial charge >= 0.3 is 0 Å². The van der Waals surface area contributed by atoms with Gasteiger partial charge in [-0.15, -0.1) is 0 Å². The molecule has 6 atom stereocenters. The molecular formula is C29H37N3O8. The van der Waals surface area contributed by atoms with Crippen molar-refractivity contribution >= 4 is 23.2 Å². The van der Waals surface area contributed by atoms with Crippen LogP contribution in [0.15, 0.2) is 23.0 Å². The molecule has 1 saturated carbocycles. The van der Waals surface area contributed by atoms with Gasteiger partial charge in [-0.2, -0.15) is 0 Å². The number of fused-ring (bicyclic) bond motifs is 3. The van der Waals surface area contributed by atoms with Crippen molar-refractivity contribution in [2.24, 2.45) is 17.6 Å². The topological polar surface area (TPSA) is 174 Å². The summed E-state index contributed by atoms with van der Waals surface area (Å²) in [5.41, 5.74) is 3.00. The van der Waals surface area contributed by atoms with Crippen LogP contribution in [-0.2, 0) is 27.3 Å². The number of carbonyl (C=O) groups excluding carboxylic acids is 3. The number of ether oxygens (including phenoxy) is 1. The second kappa shape index (κ2) is 9.60. The number of ketones is 2. The normalized spacial score (nSPS) is 32.3. The Balaban J connectivity index is 1.67. The number of aliphatic hydroxyl groups is 3. The van der Waals surface area contributed by atoms with Crippen molar-refractivity contribution in [2.75, 3.05) is 21.2 Å². The van der Waals surface area contributed by atoms with Crippen LogP contribution in [-0.4, -0.2) is 92.6 Å². The van der Waals surface area contributed by atoms with E-state index >= 15 is 0 Å².